The van der Waals surface area contributed by atoms with Crippen LogP contribution in [0.15, 0.2) is 35.2 Å². The summed E-state index contributed by atoms with van der Waals surface area (Å²) in [7, 11) is 0. The van der Waals surface area contributed by atoms with Gasteiger partial charge in [-0.15, -0.1) is 0 Å². The lowest BCUT2D eigenvalue weighted by molar-refractivity contribution is 0.152. The van der Waals surface area contributed by atoms with E-state index in [-0.39, 0.29) is 12.0 Å². The summed E-state index contributed by atoms with van der Waals surface area (Å²) in [5.74, 6) is 1.09. The molecule has 136 valence electrons. The lowest BCUT2D eigenvalue weighted by Gasteiger charge is -2.39. The van der Waals surface area contributed by atoms with Crippen LogP contribution in [-0.2, 0) is 11.0 Å². The largest absolute Gasteiger partial charge is 0.394 e. The molecule has 0 aromatic carbocycles. The number of nitrogens with zero attached hydrogens (tertiary/aromatic N) is 5. The summed E-state index contributed by atoms with van der Waals surface area (Å²) in [6.07, 6.45) is 8.28. The molecule has 1 aliphatic rings. The van der Waals surface area contributed by atoms with Crippen LogP contribution in [0.3, 0.4) is 0 Å². The standard InChI is InChI=1S/C18H20ClN5O2/c1-17(2,11-25)24-10-12(8-21-24)15-22-16(23-26-15)18(6-3-7-18)13-4-5-14(19)20-9-13/h4-5,8-10,25H,3,6-7,11H2,1-2H3. The Morgan fingerprint density at radius 3 is 2.73 bits per heavy atom. The SMILES string of the molecule is CC(C)(CO)n1cc(-c2nc(C3(c4ccc(Cl)nc4)CCC3)no2)cn1. The molecule has 3 aromatic heterocycles. The summed E-state index contributed by atoms with van der Waals surface area (Å²) in [6.45, 7) is 3.79. The van der Waals surface area contributed by atoms with Crippen molar-refractivity contribution >= 4 is 11.6 Å². The van der Waals surface area contributed by atoms with Crippen LogP contribution in [0.1, 0.15) is 44.5 Å². The zero-order chi connectivity index (χ0) is 18.4. The Morgan fingerprint density at radius 2 is 2.12 bits per heavy atom. The molecule has 0 spiro atoms. The van der Waals surface area contributed by atoms with E-state index in [2.05, 4.69) is 20.2 Å². The van der Waals surface area contributed by atoms with E-state index in [1.54, 1.807) is 23.1 Å². The second kappa shape index (κ2) is 6.17. The first-order valence-electron chi connectivity index (χ1n) is 8.57. The van der Waals surface area contributed by atoms with E-state index in [0.717, 1.165) is 30.4 Å². The molecule has 1 N–H and O–H groups in total. The molecule has 0 saturated heterocycles. The van der Waals surface area contributed by atoms with Crippen molar-refractivity contribution in [1.29, 1.82) is 0 Å². The number of rotatable bonds is 5. The molecule has 0 amide bonds. The highest BCUT2D eigenvalue weighted by atomic mass is 35.5. The predicted octanol–water partition coefficient (Wildman–Crippen LogP) is 3.18. The molecular weight excluding hydrogens is 354 g/mol. The van der Waals surface area contributed by atoms with Gasteiger partial charge in [-0.25, -0.2) is 4.98 Å². The maximum absolute atomic E-state index is 9.50. The number of aliphatic hydroxyl groups excluding tert-OH is 1. The molecule has 1 saturated carbocycles. The van der Waals surface area contributed by atoms with Crippen LogP contribution in [-0.4, -0.2) is 36.6 Å². The van der Waals surface area contributed by atoms with Gasteiger partial charge in [-0.05, 0) is 38.3 Å². The van der Waals surface area contributed by atoms with E-state index < -0.39 is 5.54 Å². The Bertz CT molecular complexity index is 912. The lowest BCUT2D eigenvalue weighted by atomic mass is 9.64. The fourth-order valence-electron chi connectivity index (χ4n) is 3.20. The molecule has 4 rings (SSSR count). The normalized spacial score (nSPS) is 16.5. The van der Waals surface area contributed by atoms with Crippen LogP contribution < -0.4 is 0 Å². The Morgan fingerprint density at radius 1 is 1.31 bits per heavy atom. The van der Waals surface area contributed by atoms with Crippen molar-refractivity contribution in [3.05, 3.63) is 47.3 Å². The van der Waals surface area contributed by atoms with Crippen LogP contribution in [0.4, 0.5) is 0 Å². The molecule has 1 aliphatic carbocycles. The average Bonchev–Trinajstić information content (AvgIpc) is 3.25. The second-order valence-electron chi connectivity index (χ2n) is 7.37. The number of aliphatic hydroxyl groups is 1. The zero-order valence-electron chi connectivity index (χ0n) is 14.7. The third-order valence-corrected chi connectivity index (χ3v) is 5.40. The molecule has 3 aromatic rings. The van der Waals surface area contributed by atoms with Gasteiger partial charge < -0.3 is 9.63 Å². The quantitative estimate of drug-likeness (QED) is 0.691. The van der Waals surface area contributed by atoms with Crippen molar-refractivity contribution in [3.8, 4) is 11.5 Å². The molecule has 0 unspecified atom stereocenters. The minimum atomic E-state index is -0.495. The van der Waals surface area contributed by atoms with Crippen molar-refractivity contribution in [2.45, 2.75) is 44.1 Å². The van der Waals surface area contributed by atoms with Crippen molar-refractivity contribution in [3.63, 3.8) is 0 Å². The first kappa shape index (κ1) is 17.2. The smallest absolute Gasteiger partial charge is 0.261 e. The first-order chi connectivity index (χ1) is 12.4. The summed E-state index contributed by atoms with van der Waals surface area (Å²) in [5, 5.41) is 18.5. The van der Waals surface area contributed by atoms with E-state index >= 15 is 0 Å². The van der Waals surface area contributed by atoms with E-state index in [1.807, 2.05) is 26.1 Å². The van der Waals surface area contributed by atoms with Gasteiger partial charge in [0.05, 0.1) is 29.3 Å². The third kappa shape index (κ3) is 2.71. The van der Waals surface area contributed by atoms with Gasteiger partial charge >= 0.3 is 0 Å². The fraction of sp³-hybridized carbons (Fsp3) is 0.444. The Hall–Kier alpha value is -2.25. The number of hydrogen-bond acceptors (Lipinski definition) is 6. The van der Waals surface area contributed by atoms with Gasteiger partial charge in [-0.3, -0.25) is 4.68 Å². The lowest BCUT2D eigenvalue weighted by Crippen LogP contribution is -2.36. The summed E-state index contributed by atoms with van der Waals surface area (Å²) in [5.41, 5.74) is 1.02. The van der Waals surface area contributed by atoms with Gasteiger partial charge in [0.25, 0.3) is 5.89 Å². The highest BCUT2D eigenvalue weighted by Gasteiger charge is 2.45. The summed E-state index contributed by atoms with van der Waals surface area (Å²) >= 11 is 5.92. The molecular formula is C18H20ClN5O2. The van der Waals surface area contributed by atoms with Crippen molar-refractivity contribution in [2.75, 3.05) is 6.61 Å². The first-order valence-corrected chi connectivity index (χ1v) is 8.95. The van der Waals surface area contributed by atoms with Crippen molar-refractivity contribution in [1.82, 2.24) is 24.9 Å². The van der Waals surface area contributed by atoms with Crippen LogP contribution in [0.5, 0.6) is 0 Å². The van der Waals surface area contributed by atoms with Gasteiger partial charge in [-0.2, -0.15) is 10.1 Å². The van der Waals surface area contributed by atoms with Gasteiger partial charge in [0.15, 0.2) is 5.82 Å². The van der Waals surface area contributed by atoms with E-state index in [1.165, 1.54) is 0 Å². The molecule has 3 heterocycles. The zero-order valence-corrected chi connectivity index (χ0v) is 15.4. The highest BCUT2D eigenvalue weighted by molar-refractivity contribution is 6.29. The van der Waals surface area contributed by atoms with Crippen LogP contribution in [0, 0.1) is 0 Å². The van der Waals surface area contributed by atoms with E-state index in [0.29, 0.717) is 16.9 Å². The van der Waals surface area contributed by atoms with Gasteiger partial charge in [-0.1, -0.05) is 29.2 Å². The Kier molecular flexibility index (Phi) is 4.08. The minimum Gasteiger partial charge on any atom is -0.394 e. The maximum atomic E-state index is 9.50. The Balaban J connectivity index is 1.66. The maximum Gasteiger partial charge on any atom is 0.261 e. The monoisotopic (exact) mass is 373 g/mol. The van der Waals surface area contributed by atoms with Crippen LogP contribution >= 0.6 is 11.6 Å². The topological polar surface area (TPSA) is 89.9 Å². The molecule has 8 heteroatoms. The molecule has 0 bridgehead atoms. The third-order valence-electron chi connectivity index (χ3n) is 5.18. The molecule has 26 heavy (non-hydrogen) atoms. The minimum absolute atomic E-state index is 0.0180. The van der Waals surface area contributed by atoms with Crippen molar-refractivity contribution in [2.24, 2.45) is 0 Å². The molecule has 7 nitrogen and oxygen atoms in total. The van der Waals surface area contributed by atoms with Crippen molar-refractivity contribution < 1.29 is 9.63 Å². The summed E-state index contributed by atoms with van der Waals surface area (Å²) < 4.78 is 7.22. The van der Waals surface area contributed by atoms with Gasteiger partial charge in [0, 0.05) is 12.4 Å². The number of aromatic nitrogens is 5. The highest BCUT2D eigenvalue weighted by Crippen LogP contribution is 2.48. The molecule has 1 fully saturated rings. The van der Waals surface area contributed by atoms with Gasteiger partial charge in [0.1, 0.15) is 5.15 Å². The number of pyridine rings is 1. The predicted molar refractivity (Wildman–Crippen MR) is 95.8 cm³/mol. The van der Waals surface area contributed by atoms with Crippen LogP contribution in [0.25, 0.3) is 11.5 Å². The molecule has 0 radical (unpaired) electrons. The summed E-state index contributed by atoms with van der Waals surface area (Å²) in [6, 6.07) is 3.77. The second-order valence-corrected chi connectivity index (χ2v) is 7.76. The number of halogens is 1. The Labute approximate surface area is 156 Å². The van der Waals surface area contributed by atoms with Gasteiger partial charge in [0.2, 0.25) is 0 Å². The number of hydrogen-bond donors (Lipinski definition) is 1. The average molecular weight is 374 g/mol. The fourth-order valence-corrected chi connectivity index (χ4v) is 3.31. The van der Waals surface area contributed by atoms with E-state index in [9.17, 15) is 5.11 Å². The van der Waals surface area contributed by atoms with Crippen LogP contribution in [0.2, 0.25) is 5.15 Å². The summed E-state index contributed by atoms with van der Waals surface area (Å²) in [4.78, 5) is 8.84. The molecule has 0 aliphatic heterocycles. The van der Waals surface area contributed by atoms with E-state index in [4.69, 9.17) is 16.1 Å². The molecule has 0 atom stereocenters.